The number of nitrogens with zero attached hydrogens (tertiary/aromatic N) is 1. The van der Waals surface area contributed by atoms with Crippen LogP contribution in [0.3, 0.4) is 0 Å². The van der Waals surface area contributed by atoms with Crippen LogP contribution in [0.15, 0.2) is 60.7 Å². The van der Waals surface area contributed by atoms with Crippen LogP contribution in [0.25, 0.3) is 0 Å². The number of amides is 1. The van der Waals surface area contributed by atoms with Crippen LogP contribution in [0.4, 0.5) is 0 Å². The van der Waals surface area contributed by atoms with Crippen molar-refractivity contribution in [3.63, 3.8) is 0 Å². The van der Waals surface area contributed by atoms with Crippen LogP contribution in [0.2, 0.25) is 0 Å². The first-order chi connectivity index (χ1) is 10.2. The van der Waals surface area contributed by atoms with Gasteiger partial charge in [-0.3, -0.25) is 4.79 Å². The largest absolute Gasteiger partial charge is 0.337 e. The van der Waals surface area contributed by atoms with E-state index in [9.17, 15) is 4.79 Å². The van der Waals surface area contributed by atoms with Gasteiger partial charge in [-0.25, -0.2) is 0 Å². The Labute approximate surface area is 138 Å². The summed E-state index contributed by atoms with van der Waals surface area (Å²) in [6.07, 6.45) is 0.839. The Bertz CT molecular complexity index is 558. The molecule has 0 saturated carbocycles. The lowest BCUT2D eigenvalue weighted by Crippen LogP contribution is -2.42. The number of nitrogens with two attached hydrogens (primary N) is 1. The van der Waals surface area contributed by atoms with E-state index in [1.807, 2.05) is 53.4 Å². The van der Waals surface area contributed by atoms with Gasteiger partial charge in [-0.1, -0.05) is 60.7 Å². The molecule has 0 heterocycles. The number of hydrogen-bond acceptors (Lipinski definition) is 2. The molecule has 1 atom stereocenters. The standard InChI is InChI=1S/C18H22N2O.ClH/c1-15(19)18(21)20(14-17-10-6-3-7-11-17)13-12-16-8-4-2-5-9-16;/h2-11,15H,12-14,19H2,1H3;1H. The molecule has 22 heavy (non-hydrogen) atoms. The van der Waals surface area contributed by atoms with Gasteiger partial charge in [0.05, 0.1) is 6.04 Å². The minimum atomic E-state index is -0.468. The Morgan fingerprint density at radius 2 is 1.50 bits per heavy atom. The second kappa shape index (κ2) is 9.23. The molecule has 0 aromatic heterocycles. The molecule has 1 amide bonds. The molecule has 2 aromatic carbocycles. The fraction of sp³-hybridized carbons (Fsp3) is 0.278. The van der Waals surface area contributed by atoms with E-state index in [4.69, 9.17) is 5.73 Å². The zero-order valence-electron chi connectivity index (χ0n) is 12.8. The van der Waals surface area contributed by atoms with Gasteiger partial charge in [0.15, 0.2) is 0 Å². The molecule has 0 bridgehead atoms. The van der Waals surface area contributed by atoms with Crippen LogP contribution in [0.5, 0.6) is 0 Å². The summed E-state index contributed by atoms with van der Waals surface area (Å²) in [6.45, 7) is 3.02. The molecule has 4 heteroatoms. The number of halogens is 1. The smallest absolute Gasteiger partial charge is 0.239 e. The van der Waals surface area contributed by atoms with E-state index in [1.165, 1.54) is 5.56 Å². The second-order valence-electron chi connectivity index (χ2n) is 5.27. The van der Waals surface area contributed by atoms with Crippen molar-refractivity contribution in [2.24, 2.45) is 5.73 Å². The molecule has 0 spiro atoms. The molecular formula is C18H23ClN2O. The number of carbonyl (C=O) groups excluding carboxylic acids is 1. The van der Waals surface area contributed by atoms with Crippen LogP contribution in [-0.4, -0.2) is 23.4 Å². The molecule has 2 N–H and O–H groups in total. The lowest BCUT2D eigenvalue weighted by Gasteiger charge is -2.24. The van der Waals surface area contributed by atoms with E-state index in [2.05, 4.69) is 12.1 Å². The van der Waals surface area contributed by atoms with E-state index in [0.717, 1.165) is 12.0 Å². The monoisotopic (exact) mass is 318 g/mol. The van der Waals surface area contributed by atoms with Crippen molar-refractivity contribution in [3.05, 3.63) is 71.8 Å². The first kappa shape index (κ1) is 18.2. The average Bonchev–Trinajstić information content (AvgIpc) is 2.52. The zero-order chi connectivity index (χ0) is 15.1. The van der Waals surface area contributed by atoms with Gasteiger partial charge in [0.1, 0.15) is 0 Å². The van der Waals surface area contributed by atoms with Gasteiger partial charge >= 0.3 is 0 Å². The fourth-order valence-corrected chi connectivity index (χ4v) is 2.27. The van der Waals surface area contributed by atoms with E-state index in [-0.39, 0.29) is 18.3 Å². The van der Waals surface area contributed by atoms with Crippen molar-refractivity contribution < 1.29 is 4.79 Å². The molecule has 0 saturated heterocycles. The summed E-state index contributed by atoms with van der Waals surface area (Å²) in [5, 5.41) is 0. The van der Waals surface area contributed by atoms with Gasteiger partial charge in [0, 0.05) is 13.1 Å². The minimum absolute atomic E-state index is 0. The molecule has 0 radical (unpaired) electrons. The fourth-order valence-electron chi connectivity index (χ4n) is 2.27. The van der Waals surface area contributed by atoms with Gasteiger partial charge in [0.2, 0.25) is 5.91 Å². The predicted molar refractivity (Wildman–Crippen MR) is 92.9 cm³/mol. The molecular weight excluding hydrogens is 296 g/mol. The van der Waals surface area contributed by atoms with Crippen molar-refractivity contribution in [1.29, 1.82) is 0 Å². The molecule has 1 unspecified atom stereocenters. The predicted octanol–water partition coefficient (Wildman–Crippen LogP) is 3.03. The van der Waals surface area contributed by atoms with Crippen molar-refractivity contribution in [3.8, 4) is 0 Å². The summed E-state index contributed by atoms with van der Waals surface area (Å²) in [4.78, 5) is 14.1. The number of rotatable bonds is 6. The Balaban J connectivity index is 0.00000242. The highest BCUT2D eigenvalue weighted by Crippen LogP contribution is 2.08. The average molecular weight is 319 g/mol. The van der Waals surface area contributed by atoms with E-state index in [0.29, 0.717) is 13.1 Å². The topological polar surface area (TPSA) is 46.3 Å². The van der Waals surface area contributed by atoms with Crippen molar-refractivity contribution in [1.82, 2.24) is 4.90 Å². The highest BCUT2D eigenvalue weighted by molar-refractivity contribution is 5.85. The Hall–Kier alpha value is -1.84. The van der Waals surface area contributed by atoms with Gasteiger partial charge in [-0.2, -0.15) is 0 Å². The summed E-state index contributed by atoms with van der Waals surface area (Å²) in [6, 6.07) is 19.7. The summed E-state index contributed by atoms with van der Waals surface area (Å²) in [5.74, 6) is -0.00483. The van der Waals surface area contributed by atoms with Gasteiger partial charge in [-0.15, -0.1) is 12.4 Å². The lowest BCUT2D eigenvalue weighted by molar-refractivity contribution is -0.132. The molecule has 0 aliphatic carbocycles. The van der Waals surface area contributed by atoms with E-state index < -0.39 is 6.04 Å². The molecule has 0 aliphatic rings. The second-order valence-corrected chi connectivity index (χ2v) is 5.27. The minimum Gasteiger partial charge on any atom is -0.337 e. The first-order valence-corrected chi connectivity index (χ1v) is 7.29. The quantitative estimate of drug-likeness (QED) is 0.890. The summed E-state index contributed by atoms with van der Waals surface area (Å²) in [5.41, 5.74) is 8.12. The van der Waals surface area contributed by atoms with Crippen molar-refractivity contribution >= 4 is 18.3 Å². The number of hydrogen-bond donors (Lipinski definition) is 1. The maximum atomic E-state index is 12.3. The molecule has 0 aliphatic heterocycles. The maximum Gasteiger partial charge on any atom is 0.239 e. The summed E-state index contributed by atoms with van der Waals surface area (Å²) >= 11 is 0. The first-order valence-electron chi connectivity index (χ1n) is 7.29. The molecule has 3 nitrogen and oxygen atoms in total. The van der Waals surface area contributed by atoms with E-state index in [1.54, 1.807) is 6.92 Å². The summed E-state index contributed by atoms with van der Waals surface area (Å²) < 4.78 is 0. The third-order valence-electron chi connectivity index (χ3n) is 3.43. The Morgan fingerprint density at radius 1 is 1.00 bits per heavy atom. The third kappa shape index (κ3) is 5.51. The number of carbonyl (C=O) groups is 1. The third-order valence-corrected chi connectivity index (χ3v) is 3.43. The van der Waals surface area contributed by atoms with Gasteiger partial charge < -0.3 is 10.6 Å². The highest BCUT2D eigenvalue weighted by Gasteiger charge is 2.17. The van der Waals surface area contributed by atoms with Gasteiger partial charge in [0.25, 0.3) is 0 Å². The normalized spacial score (nSPS) is 11.4. The molecule has 2 aromatic rings. The van der Waals surface area contributed by atoms with Crippen molar-refractivity contribution in [2.75, 3.05) is 6.54 Å². The Kier molecular flexibility index (Phi) is 7.64. The zero-order valence-corrected chi connectivity index (χ0v) is 13.6. The van der Waals surface area contributed by atoms with Crippen LogP contribution in [0, 0.1) is 0 Å². The van der Waals surface area contributed by atoms with Crippen LogP contribution in [0.1, 0.15) is 18.1 Å². The molecule has 0 fully saturated rings. The van der Waals surface area contributed by atoms with Crippen LogP contribution in [-0.2, 0) is 17.8 Å². The lowest BCUT2D eigenvalue weighted by atomic mass is 10.1. The number of benzene rings is 2. The highest BCUT2D eigenvalue weighted by atomic mass is 35.5. The van der Waals surface area contributed by atoms with Crippen LogP contribution < -0.4 is 5.73 Å². The van der Waals surface area contributed by atoms with Crippen molar-refractivity contribution in [2.45, 2.75) is 25.9 Å². The Morgan fingerprint density at radius 3 is 2.00 bits per heavy atom. The maximum absolute atomic E-state index is 12.3. The van der Waals surface area contributed by atoms with E-state index >= 15 is 0 Å². The SMILES string of the molecule is CC(N)C(=O)N(CCc1ccccc1)Cc1ccccc1.Cl. The molecule has 2 rings (SSSR count). The molecule has 118 valence electrons. The van der Waals surface area contributed by atoms with Gasteiger partial charge in [-0.05, 0) is 24.5 Å². The summed E-state index contributed by atoms with van der Waals surface area (Å²) in [7, 11) is 0. The van der Waals surface area contributed by atoms with Crippen LogP contribution >= 0.6 is 12.4 Å².